The lowest BCUT2D eigenvalue weighted by atomic mass is 9.96. The normalized spacial score (nSPS) is 22.3. The number of aliphatic hydroxyl groups is 1. The molecule has 2 rings (SSSR count). The van der Waals surface area contributed by atoms with Gasteiger partial charge in [-0.3, -0.25) is 0 Å². The highest BCUT2D eigenvalue weighted by molar-refractivity contribution is 5.13. The first kappa shape index (κ1) is 12.6. The predicted molar refractivity (Wildman–Crippen MR) is 65.6 cm³/mol. The number of hydrogen-bond acceptors (Lipinski definition) is 3. The van der Waals surface area contributed by atoms with Crippen LogP contribution in [0.1, 0.15) is 18.4 Å². The SMILES string of the molecule is OC(COCc1ccccc1)C1CCCOC1. The van der Waals surface area contributed by atoms with Crippen molar-refractivity contribution in [1.29, 1.82) is 0 Å². The molecule has 17 heavy (non-hydrogen) atoms. The van der Waals surface area contributed by atoms with Gasteiger partial charge >= 0.3 is 0 Å². The van der Waals surface area contributed by atoms with Gasteiger partial charge in [-0.25, -0.2) is 0 Å². The van der Waals surface area contributed by atoms with Gasteiger partial charge in [-0.1, -0.05) is 30.3 Å². The monoisotopic (exact) mass is 236 g/mol. The molecular weight excluding hydrogens is 216 g/mol. The number of aliphatic hydroxyl groups excluding tert-OH is 1. The molecule has 1 aromatic carbocycles. The number of ether oxygens (including phenoxy) is 2. The van der Waals surface area contributed by atoms with Crippen LogP contribution in [0.4, 0.5) is 0 Å². The van der Waals surface area contributed by atoms with Crippen LogP contribution in [-0.4, -0.2) is 31.0 Å². The van der Waals surface area contributed by atoms with Crippen LogP contribution in [0, 0.1) is 5.92 Å². The molecule has 94 valence electrons. The van der Waals surface area contributed by atoms with E-state index in [2.05, 4.69) is 0 Å². The number of benzene rings is 1. The fourth-order valence-electron chi connectivity index (χ4n) is 2.08. The Kier molecular flexibility index (Phi) is 4.98. The molecule has 0 amide bonds. The van der Waals surface area contributed by atoms with Crippen LogP contribution in [-0.2, 0) is 16.1 Å². The molecule has 3 nitrogen and oxygen atoms in total. The van der Waals surface area contributed by atoms with E-state index in [0.717, 1.165) is 25.0 Å². The maximum Gasteiger partial charge on any atom is 0.0823 e. The lowest BCUT2D eigenvalue weighted by molar-refractivity contribution is -0.0500. The summed E-state index contributed by atoms with van der Waals surface area (Å²) < 4.78 is 10.9. The first-order valence-corrected chi connectivity index (χ1v) is 6.24. The highest BCUT2D eigenvalue weighted by Gasteiger charge is 2.22. The highest BCUT2D eigenvalue weighted by Crippen LogP contribution is 2.17. The lowest BCUT2D eigenvalue weighted by Gasteiger charge is -2.26. The fraction of sp³-hybridized carbons (Fsp3) is 0.571. The van der Waals surface area contributed by atoms with Crippen LogP contribution in [0.15, 0.2) is 30.3 Å². The van der Waals surface area contributed by atoms with Gasteiger partial charge in [0.1, 0.15) is 0 Å². The predicted octanol–water partition coefficient (Wildman–Crippen LogP) is 1.99. The summed E-state index contributed by atoms with van der Waals surface area (Å²) in [7, 11) is 0. The average molecular weight is 236 g/mol. The van der Waals surface area contributed by atoms with E-state index in [-0.39, 0.29) is 5.92 Å². The van der Waals surface area contributed by atoms with Gasteiger partial charge in [0, 0.05) is 12.5 Å². The van der Waals surface area contributed by atoms with Crippen LogP contribution < -0.4 is 0 Å². The highest BCUT2D eigenvalue weighted by atomic mass is 16.5. The summed E-state index contributed by atoms with van der Waals surface area (Å²) >= 11 is 0. The van der Waals surface area contributed by atoms with Gasteiger partial charge in [-0.2, -0.15) is 0 Å². The van der Waals surface area contributed by atoms with Crippen molar-refractivity contribution in [3.05, 3.63) is 35.9 Å². The summed E-state index contributed by atoms with van der Waals surface area (Å²) in [6, 6.07) is 10.0. The van der Waals surface area contributed by atoms with E-state index in [9.17, 15) is 5.11 Å². The first-order valence-electron chi connectivity index (χ1n) is 6.24. The second-order valence-electron chi connectivity index (χ2n) is 4.55. The van der Waals surface area contributed by atoms with Crippen molar-refractivity contribution < 1.29 is 14.6 Å². The van der Waals surface area contributed by atoms with Crippen LogP contribution in [0.25, 0.3) is 0 Å². The molecule has 1 aromatic rings. The Hall–Kier alpha value is -0.900. The summed E-state index contributed by atoms with van der Waals surface area (Å²) in [5, 5.41) is 9.95. The van der Waals surface area contributed by atoms with Crippen LogP contribution >= 0.6 is 0 Å². The summed E-state index contributed by atoms with van der Waals surface area (Å²) in [6.45, 7) is 2.44. The van der Waals surface area contributed by atoms with Gasteiger partial charge < -0.3 is 14.6 Å². The Morgan fingerprint density at radius 3 is 2.88 bits per heavy atom. The van der Waals surface area contributed by atoms with Crippen molar-refractivity contribution in [2.24, 2.45) is 5.92 Å². The maximum atomic E-state index is 9.95. The third kappa shape index (κ3) is 4.11. The molecule has 0 spiro atoms. The van der Waals surface area contributed by atoms with E-state index in [0.29, 0.717) is 19.8 Å². The molecule has 1 aliphatic rings. The molecule has 1 saturated heterocycles. The molecule has 0 bridgehead atoms. The van der Waals surface area contributed by atoms with Crippen LogP contribution in [0.2, 0.25) is 0 Å². The van der Waals surface area contributed by atoms with Crippen molar-refractivity contribution in [1.82, 2.24) is 0 Å². The zero-order valence-corrected chi connectivity index (χ0v) is 10.0. The molecule has 2 unspecified atom stereocenters. The van der Waals surface area contributed by atoms with Crippen LogP contribution in [0.3, 0.4) is 0 Å². The summed E-state index contributed by atoms with van der Waals surface area (Å²) in [6.07, 6.45) is 1.68. The van der Waals surface area contributed by atoms with E-state index in [1.54, 1.807) is 0 Å². The minimum Gasteiger partial charge on any atom is -0.390 e. The molecule has 1 fully saturated rings. The van der Waals surface area contributed by atoms with Crippen molar-refractivity contribution in [2.45, 2.75) is 25.6 Å². The topological polar surface area (TPSA) is 38.7 Å². The molecule has 1 N–H and O–H groups in total. The molecule has 2 atom stereocenters. The van der Waals surface area contributed by atoms with E-state index in [1.165, 1.54) is 0 Å². The fourth-order valence-corrected chi connectivity index (χ4v) is 2.08. The molecule has 0 aromatic heterocycles. The smallest absolute Gasteiger partial charge is 0.0823 e. The maximum absolute atomic E-state index is 9.95. The molecule has 1 aliphatic heterocycles. The van der Waals surface area contributed by atoms with Gasteiger partial charge in [-0.05, 0) is 18.4 Å². The summed E-state index contributed by atoms with van der Waals surface area (Å²) in [5.41, 5.74) is 1.14. The minimum atomic E-state index is -0.404. The van der Waals surface area contributed by atoms with Crippen molar-refractivity contribution in [3.63, 3.8) is 0 Å². The van der Waals surface area contributed by atoms with Gasteiger partial charge in [0.25, 0.3) is 0 Å². The van der Waals surface area contributed by atoms with E-state index in [1.807, 2.05) is 30.3 Å². The lowest BCUT2D eigenvalue weighted by Crippen LogP contribution is -2.32. The molecule has 0 aliphatic carbocycles. The van der Waals surface area contributed by atoms with E-state index < -0.39 is 6.10 Å². The molecular formula is C14H20O3. The Morgan fingerprint density at radius 2 is 2.18 bits per heavy atom. The minimum absolute atomic E-state index is 0.236. The van der Waals surface area contributed by atoms with Gasteiger partial charge in [0.2, 0.25) is 0 Å². The van der Waals surface area contributed by atoms with Crippen molar-refractivity contribution in [2.75, 3.05) is 19.8 Å². The third-order valence-corrected chi connectivity index (χ3v) is 3.14. The Bertz CT molecular complexity index is 307. The molecule has 0 radical (unpaired) electrons. The van der Waals surface area contributed by atoms with Gasteiger partial charge in [-0.15, -0.1) is 0 Å². The van der Waals surface area contributed by atoms with E-state index in [4.69, 9.17) is 9.47 Å². The second kappa shape index (κ2) is 6.74. The van der Waals surface area contributed by atoms with Crippen molar-refractivity contribution in [3.8, 4) is 0 Å². The van der Waals surface area contributed by atoms with E-state index >= 15 is 0 Å². The standard InChI is InChI=1S/C14H20O3/c15-14(13-7-4-8-16-10-13)11-17-9-12-5-2-1-3-6-12/h1-3,5-6,13-15H,4,7-11H2. The summed E-state index contributed by atoms with van der Waals surface area (Å²) in [5.74, 6) is 0.236. The second-order valence-corrected chi connectivity index (χ2v) is 4.55. The first-order chi connectivity index (χ1) is 8.36. The Morgan fingerprint density at radius 1 is 1.35 bits per heavy atom. The number of rotatable bonds is 5. The van der Waals surface area contributed by atoms with Crippen molar-refractivity contribution >= 4 is 0 Å². The van der Waals surface area contributed by atoms with Gasteiger partial charge in [0.05, 0.1) is 25.9 Å². The number of hydrogen-bond donors (Lipinski definition) is 1. The quantitative estimate of drug-likeness (QED) is 0.849. The Balaban J connectivity index is 1.67. The third-order valence-electron chi connectivity index (χ3n) is 3.14. The molecule has 0 saturated carbocycles. The average Bonchev–Trinajstić information content (AvgIpc) is 2.41. The zero-order chi connectivity index (χ0) is 11.9. The molecule has 1 heterocycles. The van der Waals surface area contributed by atoms with Crippen LogP contribution in [0.5, 0.6) is 0 Å². The Labute approximate surface area is 102 Å². The zero-order valence-electron chi connectivity index (χ0n) is 10.0. The molecule has 3 heteroatoms. The summed E-state index contributed by atoms with van der Waals surface area (Å²) in [4.78, 5) is 0. The largest absolute Gasteiger partial charge is 0.390 e. The van der Waals surface area contributed by atoms with Gasteiger partial charge in [0.15, 0.2) is 0 Å².